The fourth-order valence-corrected chi connectivity index (χ4v) is 2.34. The molecule has 0 saturated carbocycles. The van der Waals surface area contributed by atoms with Gasteiger partial charge < -0.3 is 9.47 Å². The SMILES string of the molecule is CCCc1nccn1-c1ccnc(C(=O)N(CC)CC)c1. The number of aryl methyl sites for hydroxylation is 1. The lowest BCUT2D eigenvalue weighted by atomic mass is 10.2. The minimum absolute atomic E-state index is 0.0287. The molecule has 5 nitrogen and oxygen atoms in total. The van der Waals surface area contributed by atoms with Crippen molar-refractivity contribution in [3.63, 3.8) is 0 Å². The lowest BCUT2D eigenvalue weighted by Gasteiger charge is -2.18. The molecule has 2 heterocycles. The minimum Gasteiger partial charge on any atom is -0.338 e. The largest absolute Gasteiger partial charge is 0.338 e. The monoisotopic (exact) mass is 286 g/mol. The summed E-state index contributed by atoms with van der Waals surface area (Å²) in [6.07, 6.45) is 7.34. The van der Waals surface area contributed by atoms with Crippen LogP contribution in [-0.2, 0) is 6.42 Å². The zero-order chi connectivity index (χ0) is 15.2. The molecule has 2 aromatic heterocycles. The van der Waals surface area contributed by atoms with E-state index >= 15 is 0 Å². The topological polar surface area (TPSA) is 51.0 Å². The molecule has 0 fully saturated rings. The molecular weight excluding hydrogens is 264 g/mol. The fourth-order valence-electron chi connectivity index (χ4n) is 2.34. The number of amides is 1. The molecule has 5 heteroatoms. The summed E-state index contributed by atoms with van der Waals surface area (Å²) in [5.74, 6) is 0.976. The molecule has 0 aromatic carbocycles. The van der Waals surface area contributed by atoms with E-state index in [0.29, 0.717) is 18.8 Å². The van der Waals surface area contributed by atoms with E-state index in [4.69, 9.17) is 0 Å². The van der Waals surface area contributed by atoms with Gasteiger partial charge >= 0.3 is 0 Å². The number of aromatic nitrogens is 3. The third-order valence-corrected chi connectivity index (χ3v) is 3.48. The maximum absolute atomic E-state index is 12.4. The summed E-state index contributed by atoms with van der Waals surface area (Å²) < 4.78 is 2.02. The minimum atomic E-state index is -0.0287. The van der Waals surface area contributed by atoms with Crippen LogP contribution >= 0.6 is 0 Å². The first-order valence-electron chi connectivity index (χ1n) is 7.49. The Balaban J connectivity index is 2.33. The number of carbonyl (C=O) groups excluding carboxylic acids is 1. The number of nitrogens with zero attached hydrogens (tertiary/aromatic N) is 4. The summed E-state index contributed by atoms with van der Waals surface area (Å²) in [6, 6.07) is 3.74. The molecule has 21 heavy (non-hydrogen) atoms. The van der Waals surface area contributed by atoms with Gasteiger partial charge in [-0.25, -0.2) is 4.98 Å². The molecular formula is C16H22N4O. The third kappa shape index (κ3) is 3.29. The van der Waals surface area contributed by atoms with Crippen molar-refractivity contribution in [3.8, 4) is 5.69 Å². The Morgan fingerprint density at radius 2 is 1.95 bits per heavy atom. The standard InChI is InChI=1S/C16H22N4O/c1-4-7-15-18-10-11-20(15)13-8-9-17-14(12-13)16(21)19(5-2)6-3/h8-12H,4-7H2,1-3H3. The van der Waals surface area contributed by atoms with Crippen LogP contribution in [0.5, 0.6) is 0 Å². The zero-order valence-electron chi connectivity index (χ0n) is 12.9. The highest BCUT2D eigenvalue weighted by Gasteiger charge is 2.15. The van der Waals surface area contributed by atoms with Crippen molar-refractivity contribution in [1.29, 1.82) is 0 Å². The van der Waals surface area contributed by atoms with Gasteiger partial charge in [0.05, 0.1) is 5.69 Å². The van der Waals surface area contributed by atoms with Crippen LogP contribution in [0.1, 0.15) is 43.5 Å². The fraction of sp³-hybridized carbons (Fsp3) is 0.438. The van der Waals surface area contributed by atoms with Gasteiger partial charge in [0.1, 0.15) is 11.5 Å². The second kappa shape index (κ2) is 7.02. The van der Waals surface area contributed by atoms with Crippen molar-refractivity contribution in [2.75, 3.05) is 13.1 Å². The Hall–Kier alpha value is -2.17. The van der Waals surface area contributed by atoms with Crippen LogP contribution in [0.4, 0.5) is 0 Å². The van der Waals surface area contributed by atoms with E-state index in [1.807, 2.05) is 36.7 Å². The van der Waals surface area contributed by atoms with E-state index in [2.05, 4.69) is 16.9 Å². The average Bonchev–Trinajstić information content (AvgIpc) is 2.97. The van der Waals surface area contributed by atoms with E-state index in [-0.39, 0.29) is 5.91 Å². The van der Waals surface area contributed by atoms with Crippen LogP contribution in [0.25, 0.3) is 5.69 Å². The molecule has 0 bridgehead atoms. The number of carbonyl (C=O) groups is 1. The second-order valence-electron chi connectivity index (χ2n) is 4.84. The maximum atomic E-state index is 12.4. The van der Waals surface area contributed by atoms with Crippen LogP contribution < -0.4 is 0 Å². The average molecular weight is 286 g/mol. The van der Waals surface area contributed by atoms with Crippen LogP contribution in [0, 0.1) is 0 Å². The first-order valence-corrected chi connectivity index (χ1v) is 7.49. The van der Waals surface area contributed by atoms with Gasteiger partial charge in [0, 0.05) is 38.1 Å². The second-order valence-corrected chi connectivity index (χ2v) is 4.84. The highest BCUT2D eigenvalue weighted by Crippen LogP contribution is 2.13. The summed E-state index contributed by atoms with van der Waals surface area (Å²) in [4.78, 5) is 22.7. The highest BCUT2D eigenvalue weighted by atomic mass is 16.2. The normalized spacial score (nSPS) is 10.6. The summed E-state index contributed by atoms with van der Waals surface area (Å²) in [5, 5.41) is 0. The first-order chi connectivity index (χ1) is 10.2. The Kier molecular flexibility index (Phi) is 5.09. The number of rotatable bonds is 6. The maximum Gasteiger partial charge on any atom is 0.272 e. The van der Waals surface area contributed by atoms with Gasteiger partial charge in [0.2, 0.25) is 0 Å². The van der Waals surface area contributed by atoms with E-state index < -0.39 is 0 Å². The Bertz CT molecular complexity index is 602. The van der Waals surface area contributed by atoms with Gasteiger partial charge in [-0.2, -0.15) is 0 Å². The van der Waals surface area contributed by atoms with Crippen molar-refractivity contribution in [2.24, 2.45) is 0 Å². The van der Waals surface area contributed by atoms with Gasteiger partial charge in [0.15, 0.2) is 0 Å². The van der Waals surface area contributed by atoms with Crippen molar-refractivity contribution in [2.45, 2.75) is 33.6 Å². The van der Waals surface area contributed by atoms with Crippen LogP contribution in [0.2, 0.25) is 0 Å². The number of hydrogen-bond acceptors (Lipinski definition) is 3. The quantitative estimate of drug-likeness (QED) is 0.820. The zero-order valence-corrected chi connectivity index (χ0v) is 12.9. The Labute approximate surface area is 125 Å². The molecule has 0 unspecified atom stereocenters. The van der Waals surface area contributed by atoms with E-state index in [0.717, 1.165) is 24.4 Å². The summed E-state index contributed by atoms with van der Waals surface area (Å²) in [5.41, 5.74) is 1.41. The molecule has 0 saturated heterocycles. The molecule has 0 aliphatic heterocycles. The van der Waals surface area contributed by atoms with Gasteiger partial charge in [-0.05, 0) is 32.4 Å². The smallest absolute Gasteiger partial charge is 0.272 e. The molecule has 112 valence electrons. The van der Waals surface area contributed by atoms with Crippen molar-refractivity contribution in [3.05, 3.63) is 42.2 Å². The van der Waals surface area contributed by atoms with Crippen LogP contribution in [0.3, 0.4) is 0 Å². The van der Waals surface area contributed by atoms with E-state index in [1.54, 1.807) is 17.3 Å². The lowest BCUT2D eigenvalue weighted by molar-refractivity contribution is 0.0767. The predicted molar refractivity (Wildman–Crippen MR) is 82.6 cm³/mol. The lowest BCUT2D eigenvalue weighted by Crippen LogP contribution is -2.31. The summed E-state index contributed by atoms with van der Waals surface area (Å²) in [7, 11) is 0. The van der Waals surface area contributed by atoms with Crippen LogP contribution in [-0.4, -0.2) is 38.4 Å². The molecule has 0 spiro atoms. The molecule has 0 N–H and O–H groups in total. The van der Waals surface area contributed by atoms with Crippen molar-refractivity contribution in [1.82, 2.24) is 19.4 Å². The molecule has 1 amide bonds. The first kappa shape index (κ1) is 15.2. The molecule has 0 atom stereocenters. The summed E-state index contributed by atoms with van der Waals surface area (Å²) >= 11 is 0. The number of pyridine rings is 1. The molecule has 2 aromatic rings. The van der Waals surface area contributed by atoms with Crippen molar-refractivity contribution >= 4 is 5.91 Å². The molecule has 2 rings (SSSR count). The Morgan fingerprint density at radius 3 is 2.62 bits per heavy atom. The van der Waals surface area contributed by atoms with Gasteiger partial charge in [-0.3, -0.25) is 9.78 Å². The van der Waals surface area contributed by atoms with Gasteiger partial charge in [-0.15, -0.1) is 0 Å². The summed E-state index contributed by atoms with van der Waals surface area (Å²) in [6.45, 7) is 7.45. The van der Waals surface area contributed by atoms with E-state index in [1.165, 1.54) is 0 Å². The third-order valence-electron chi connectivity index (χ3n) is 3.48. The Morgan fingerprint density at radius 1 is 1.19 bits per heavy atom. The van der Waals surface area contributed by atoms with Crippen molar-refractivity contribution < 1.29 is 4.79 Å². The van der Waals surface area contributed by atoms with Crippen LogP contribution in [0.15, 0.2) is 30.7 Å². The number of hydrogen-bond donors (Lipinski definition) is 0. The molecule has 0 aliphatic rings. The molecule has 0 aliphatic carbocycles. The van der Waals surface area contributed by atoms with Gasteiger partial charge in [0.25, 0.3) is 5.91 Å². The van der Waals surface area contributed by atoms with E-state index in [9.17, 15) is 4.79 Å². The molecule has 0 radical (unpaired) electrons. The number of imidazole rings is 1. The highest BCUT2D eigenvalue weighted by molar-refractivity contribution is 5.92. The predicted octanol–water partition coefficient (Wildman–Crippen LogP) is 2.70. The van der Waals surface area contributed by atoms with Gasteiger partial charge in [-0.1, -0.05) is 6.92 Å².